The minimum atomic E-state index is -1.61. The van der Waals surface area contributed by atoms with E-state index < -0.39 is 84.8 Å². The fourth-order valence-electron chi connectivity index (χ4n) is 6.69. The molecule has 21 nitrogen and oxygen atoms in total. The van der Waals surface area contributed by atoms with Gasteiger partial charge >= 0.3 is 0 Å². The van der Waals surface area contributed by atoms with Crippen molar-refractivity contribution in [3.63, 3.8) is 0 Å². The van der Waals surface area contributed by atoms with Gasteiger partial charge < -0.3 is 64.7 Å². The van der Waals surface area contributed by atoms with Gasteiger partial charge in [0.25, 0.3) is 11.8 Å². The van der Waals surface area contributed by atoms with E-state index in [4.69, 9.17) is 34.4 Å². The zero-order chi connectivity index (χ0) is 41.4. The summed E-state index contributed by atoms with van der Waals surface area (Å²) in [5, 5.41) is 17.1. The number of hydrogen-bond donors (Lipinski definition) is 9. The van der Waals surface area contributed by atoms with E-state index in [1.54, 1.807) is 17.5 Å². The molecule has 3 rings (SSSR count). The fourth-order valence-corrected chi connectivity index (χ4v) is 7.44. The number of imide groups is 1. The number of guanidine groups is 2. The first kappa shape index (κ1) is 45.2. The summed E-state index contributed by atoms with van der Waals surface area (Å²) >= 11 is 1.31. The number of nitrogens with zero attached hydrogens (tertiary/aromatic N) is 5. The summed E-state index contributed by atoms with van der Waals surface area (Å²) in [5.74, 6) is -4.49. The lowest BCUT2D eigenvalue weighted by Gasteiger charge is -2.36. The van der Waals surface area contributed by atoms with Gasteiger partial charge in [-0.2, -0.15) is 0 Å². The SMILES string of the molecule is NCC(=O)N[C@@H](Cc1cccs1)C(=O)N(C(=O)[C@@H]1CCCN1C(=O)[C@@H]1CCCN1C(=O)[C@H](CCCN=C(N)N)NC(=O)[C@H](N)CCCN=C(N)N)[C@H](C=O)CO. The number of carbonyl (C=O) groups excluding carboxylic acids is 7. The molecule has 0 spiro atoms. The van der Waals surface area contributed by atoms with Crippen molar-refractivity contribution in [2.75, 3.05) is 39.3 Å². The van der Waals surface area contributed by atoms with Crippen LogP contribution < -0.4 is 45.0 Å². The molecule has 0 aromatic carbocycles. The van der Waals surface area contributed by atoms with Crippen molar-refractivity contribution >= 4 is 65.0 Å². The van der Waals surface area contributed by atoms with Crippen LogP contribution in [0.4, 0.5) is 0 Å². The number of likely N-dealkylation sites (tertiary alicyclic amines) is 2. The molecule has 2 aliphatic heterocycles. The molecule has 0 aliphatic carbocycles. The Morgan fingerprint density at radius 2 is 1.55 bits per heavy atom. The maximum atomic E-state index is 14.3. The highest BCUT2D eigenvalue weighted by atomic mass is 32.1. The lowest BCUT2D eigenvalue weighted by atomic mass is 10.1. The number of thiophene rings is 1. The Labute approximate surface area is 328 Å². The third kappa shape index (κ3) is 12.7. The molecule has 0 saturated carbocycles. The van der Waals surface area contributed by atoms with Gasteiger partial charge in [-0.3, -0.25) is 43.7 Å². The summed E-state index contributed by atoms with van der Waals surface area (Å²) in [6.07, 6.45) is 2.46. The van der Waals surface area contributed by atoms with E-state index in [9.17, 15) is 38.7 Å². The molecular weight excluding hydrogens is 751 g/mol. The highest BCUT2D eigenvalue weighted by Gasteiger charge is 2.47. The lowest BCUT2D eigenvalue weighted by molar-refractivity contribution is -0.158. The fraction of sp³-hybridized carbons (Fsp3) is 0.618. The second kappa shape index (κ2) is 22.4. The highest BCUT2D eigenvalue weighted by molar-refractivity contribution is 7.09. The van der Waals surface area contributed by atoms with Crippen LogP contribution in [-0.2, 0) is 40.0 Å². The van der Waals surface area contributed by atoms with Gasteiger partial charge in [-0.05, 0) is 62.8 Å². The normalized spacial score (nSPS) is 18.6. The third-order valence-electron chi connectivity index (χ3n) is 9.46. The largest absolute Gasteiger partial charge is 0.394 e. The summed E-state index contributed by atoms with van der Waals surface area (Å²) in [6.45, 7) is -0.642. The maximum Gasteiger partial charge on any atom is 0.252 e. The van der Waals surface area contributed by atoms with Crippen LogP contribution in [0.1, 0.15) is 56.2 Å². The summed E-state index contributed by atoms with van der Waals surface area (Å²) in [5.41, 5.74) is 33.2. The van der Waals surface area contributed by atoms with Gasteiger partial charge in [0.05, 0.1) is 19.2 Å². The molecule has 0 radical (unpaired) electrons. The number of amides is 6. The first-order chi connectivity index (χ1) is 26.7. The summed E-state index contributed by atoms with van der Waals surface area (Å²) in [7, 11) is 0. The van der Waals surface area contributed by atoms with Gasteiger partial charge in [0, 0.05) is 37.5 Å². The molecule has 310 valence electrons. The predicted octanol–water partition coefficient (Wildman–Crippen LogP) is -4.45. The lowest BCUT2D eigenvalue weighted by Crippen LogP contribution is -2.61. The molecule has 0 unspecified atom stereocenters. The Balaban J connectivity index is 1.85. The summed E-state index contributed by atoms with van der Waals surface area (Å²) in [4.78, 5) is 106. The molecule has 2 aliphatic rings. The van der Waals surface area contributed by atoms with E-state index in [1.165, 1.54) is 21.1 Å². The molecule has 1 aromatic rings. The van der Waals surface area contributed by atoms with Gasteiger partial charge in [-0.15, -0.1) is 11.3 Å². The Kier molecular flexibility index (Phi) is 18.1. The first-order valence-corrected chi connectivity index (χ1v) is 19.3. The van der Waals surface area contributed by atoms with Gasteiger partial charge in [0.2, 0.25) is 23.6 Å². The second-order valence-electron chi connectivity index (χ2n) is 13.5. The number of hydrogen-bond acceptors (Lipinski definition) is 13. The monoisotopic (exact) mass is 805 g/mol. The Hall–Kier alpha value is -5.19. The molecule has 2 fully saturated rings. The minimum absolute atomic E-state index is 0.0258. The minimum Gasteiger partial charge on any atom is -0.394 e. The molecule has 2 saturated heterocycles. The van der Waals surface area contributed by atoms with Crippen molar-refractivity contribution in [1.82, 2.24) is 25.3 Å². The van der Waals surface area contributed by atoms with Gasteiger partial charge in [0.15, 0.2) is 11.9 Å². The Bertz CT molecular complexity index is 1580. The summed E-state index contributed by atoms with van der Waals surface area (Å²) in [6, 6.07) is -3.78. The van der Waals surface area contributed by atoms with E-state index >= 15 is 0 Å². The smallest absolute Gasteiger partial charge is 0.252 e. The standard InChI is InChI=1S/C34H55N13O8S/c35-17-27(50)43-24(16-21-6-5-15-56-21)30(53)47(20(18-48)19-49)32(55)26-10-4-14-46(26)31(54)25-9-3-13-45(25)29(52)23(8-2-12-42-34(39)40)44-28(51)22(36)7-1-11-41-33(37)38/h5-6,15,18,20,22-26,49H,1-4,7-14,16-17,19,35-36H2,(H,43,50)(H,44,51)(H4,37,38,41)(H4,39,40,42)/t20-,22-,23+,24+,25+,26+/m1/s1. The van der Waals surface area contributed by atoms with Crippen molar-refractivity contribution in [2.24, 2.45) is 44.4 Å². The topological polar surface area (TPSA) is 354 Å². The zero-order valence-corrected chi connectivity index (χ0v) is 32.1. The number of aliphatic hydroxyl groups is 1. The van der Waals surface area contributed by atoms with E-state index in [-0.39, 0.29) is 76.5 Å². The van der Waals surface area contributed by atoms with Crippen LogP contribution in [0.15, 0.2) is 27.5 Å². The van der Waals surface area contributed by atoms with Crippen molar-refractivity contribution in [2.45, 2.75) is 94.0 Å². The molecule has 0 bridgehead atoms. The van der Waals surface area contributed by atoms with Gasteiger partial charge in [-0.25, -0.2) is 0 Å². The zero-order valence-electron chi connectivity index (χ0n) is 31.3. The molecule has 56 heavy (non-hydrogen) atoms. The Morgan fingerprint density at radius 1 is 0.929 bits per heavy atom. The van der Waals surface area contributed by atoms with Crippen LogP contribution in [0.3, 0.4) is 0 Å². The van der Waals surface area contributed by atoms with E-state index in [1.807, 2.05) is 0 Å². The van der Waals surface area contributed by atoms with Crippen LogP contribution in [-0.4, -0.2) is 149 Å². The first-order valence-electron chi connectivity index (χ1n) is 18.5. The quantitative estimate of drug-likeness (QED) is 0.0245. The van der Waals surface area contributed by atoms with Crippen LogP contribution >= 0.6 is 11.3 Å². The molecular formula is C34H55N13O8S. The number of carbonyl (C=O) groups is 7. The maximum absolute atomic E-state index is 14.3. The number of aliphatic hydroxyl groups excluding tert-OH is 1. The average Bonchev–Trinajstić information content (AvgIpc) is 3.98. The summed E-state index contributed by atoms with van der Waals surface area (Å²) < 4.78 is 0. The molecule has 3 heterocycles. The second-order valence-corrected chi connectivity index (χ2v) is 14.5. The Morgan fingerprint density at radius 3 is 2.12 bits per heavy atom. The molecule has 6 amide bonds. The van der Waals surface area contributed by atoms with Crippen LogP contribution in [0, 0.1) is 0 Å². The third-order valence-corrected chi connectivity index (χ3v) is 10.4. The molecule has 6 atom stereocenters. The van der Waals surface area contributed by atoms with Crippen molar-refractivity contribution in [1.29, 1.82) is 0 Å². The van der Waals surface area contributed by atoms with Crippen LogP contribution in [0.2, 0.25) is 0 Å². The van der Waals surface area contributed by atoms with E-state index in [0.29, 0.717) is 35.5 Å². The van der Waals surface area contributed by atoms with Gasteiger partial charge in [0.1, 0.15) is 36.5 Å². The van der Waals surface area contributed by atoms with Crippen LogP contribution in [0.25, 0.3) is 0 Å². The number of aldehydes is 1. The van der Waals surface area contributed by atoms with Crippen molar-refractivity contribution in [3.8, 4) is 0 Å². The molecule has 22 heteroatoms. The predicted molar refractivity (Wildman–Crippen MR) is 207 cm³/mol. The number of nitrogens with one attached hydrogen (secondary N) is 2. The average molecular weight is 806 g/mol. The molecule has 1 aromatic heterocycles. The van der Waals surface area contributed by atoms with Crippen molar-refractivity contribution in [3.05, 3.63) is 22.4 Å². The highest BCUT2D eigenvalue weighted by Crippen LogP contribution is 2.28. The molecule has 15 N–H and O–H groups in total. The number of nitrogens with two attached hydrogens (primary N) is 6. The van der Waals surface area contributed by atoms with Crippen molar-refractivity contribution < 1.29 is 38.7 Å². The number of aliphatic imine (C=N–C) groups is 2. The van der Waals surface area contributed by atoms with E-state index in [2.05, 4.69) is 20.6 Å². The van der Waals surface area contributed by atoms with Gasteiger partial charge in [-0.1, -0.05) is 6.07 Å². The van der Waals surface area contributed by atoms with Crippen LogP contribution in [0.5, 0.6) is 0 Å². The number of rotatable bonds is 21. The van der Waals surface area contributed by atoms with E-state index in [0.717, 1.165) is 0 Å².